The van der Waals surface area contributed by atoms with Crippen molar-refractivity contribution in [1.82, 2.24) is 0 Å². The molecule has 9 heteroatoms. The summed E-state index contributed by atoms with van der Waals surface area (Å²) in [4.78, 5) is 14.0. The highest BCUT2D eigenvalue weighted by molar-refractivity contribution is 7.89. The van der Waals surface area contributed by atoms with Crippen LogP contribution < -0.4 is 32.3 Å². The molecule has 0 atom stereocenters. The molecule has 2 rings (SSSR count). The number of carbonyl (C=O) groups excluding carboxylic acids is 1. The molecule has 1 heterocycles. The van der Waals surface area contributed by atoms with Crippen molar-refractivity contribution in [1.29, 1.82) is 0 Å². The maximum Gasteiger partial charge on any atom is 0.290 e. The molecule has 0 fully saturated rings. The summed E-state index contributed by atoms with van der Waals surface area (Å²) in [5.41, 5.74) is 1.55. The molecule has 24 heavy (non-hydrogen) atoms. The number of nitrogens with one attached hydrogen (secondary N) is 1. The molecule has 0 radical (unpaired) electrons. The Balaban J connectivity index is 0.00000288. The molecule has 1 amide bonds. The standard InChI is InChI=1S/C15H18N4O3S.ClH/c1-18(2)13-7-9-19(10-8-13)11-15(20)17-12-3-5-14(6-4-12)23(16,21)22;/h3-10H,11H2,1-2H3,(H2-,16,17,20,21,22);1H. The summed E-state index contributed by atoms with van der Waals surface area (Å²) < 4.78 is 24.1. The number of amides is 1. The van der Waals surface area contributed by atoms with Crippen molar-refractivity contribution < 1.29 is 30.2 Å². The number of carbonyl (C=O) groups is 1. The number of benzene rings is 1. The molecule has 7 nitrogen and oxygen atoms in total. The molecule has 0 aliphatic carbocycles. The van der Waals surface area contributed by atoms with E-state index in [1.807, 2.05) is 43.5 Å². The summed E-state index contributed by atoms with van der Waals surface area (Å²) in [6, 6.07) is 9.52. The number of halogens is 1. The lowest BCUT2D eigenvalue weighted by molar-refractivity contribution is -0.684. The average molecular weight is 371 g/mol. The second-order valence-corrected chi connectivity index (χ2v) is 6.80. The molecular formula is C15H19ClN4O3S. The number of rotatable bonds is 5. The number of hydrogen-bond acceptors (Lipinski definition) is 4. The van der Waals surface area contributed by atoms with Crippen LogP contribution in [0.1, 0.15) is 0 Å². The van der Waals surface area contributed by atoms with Crippen molar-refractivity contribution in [2.45, 2.75) is 11.4 Å². The number of aromatic nitrogens is 1. The molecule has 1 aromatic heterocycles. The van der Waals surface area contributed by atoms with Gasteiger partial charge in [0.1, 0.15) is 0 Å². The highest BCUT2D eigenvalue weighted by Crippen LogP contribution is 2.12. The molecule has 0 spiro atoms. The van der Waals surface area contributed by atoms with Gasteiger partial charge < -0.3 is 22.6 Å². The van der Waals surface area contributed by atoms with E-state index < -0.39 is 10.0 Å². The van der Waals surface area contributed by atoms with E-state index in [4.69, 9.17) is 5.14 Å². The zero-order valence-corrected chi connectivity index (χ0v) is 14.9. The molecule has 0 aliphatic rings. The Bertz CT molecular complexity index is 790. The van der Waals surface area contributed by atoms with Crippen molar-refractivity contribution in [3.8, 4) is 0 Å². The van der Waals surface area contributed by atoms with Crippen LogP contribution in [0.25, 0.3) is 0 Å². The van der Waals surface area contributed by atoms with Crippen molar-refractivity contribution >= 4 is 27.3 Å². The first-order chi connectivity index (χ1) is 10.8. The maximum absolute atomic E-state index is 12.0. The van der Waals surface area contributed by atoms with Crippen LogP contribution in [0, 0.1) is 0 Å². The lowest BCUT2D eigenvalue weighted by Crippen LogP contribution is -3.00. The van der Waals surface area contributed by atoms with Gasteiger partial charge in [0.25, 0.3) is 5.91 Å². The summed E-state index contributed by atoms with van der Waals surface area (Å²) in [5.74, 6) is -0.212. The third-order valence-electron chi connectivity index (χ3n) is 3.18. The van der Waals surface area contributed by atoms with Gasteiger partial charge in [-0.05, 0) is 24.3 Å². The molecule has 130 valence electrons. The van der Waals surface area contributed by atoms with Gasteiger partial charge in [0.15, 0.2) is 12.4 Å². The molecular weight excluding hydrogens is 352 g/mol. The Labute approximate surface area is 147 Å². The first-order valence-electron chi connectivity index (χ1n) is 6.85. The van der Waals surface area contributed by atoms with E-state index in [0.29, 0.717) is 5.69 Å². The fraction of sp³-hybridized carbons (Fsp3) is 0.200. The zero-order chi connectivity index (χ0) is 17.0. The van der Waals surface area contributed by atoms with E-state index in [0.717, 1.165) is 5.69 Å². The molecule has 1 aromatic carbocycles. The summed E-state index contributed by atoms with van der Waals surface area (Å²) >= 11 is 0. The Morgan fingerprint density at radius 2 is 1.67 bits per heavy atom. The fourth-order valence-corrected chi connectivity index (χ4v) is 2.46. The SMILES string of the molecule is CN(C)c1cc[n+](CC(=O)Nc2ccc(S(N)(=O)=O)cc2)cc1.[Cl-]. The molecule has 0 unspecified atom stereocenters. The monoisotopic (exact) mass is 370 g/mol. The Morgan fingerprint density at radius 1 is 1.12 bits per heavy atom. The van der Waals surface area contributed by atoms with Gasteiger partial charge in [-0.2, -0.15) is 4.57 Å². The molecule has 0 saturated carbocycles. The predicted molar refractivity (Wildman–Crippen MR) is 87.4 cm³/mol. The second kappa shape index (κ2) is 8.09. The van der Waals surface area contributed by atoms with Crippen LogP contribution in [0.15, 0.2) is 53.7 Å². The molecule has 3 N–H and O–H groups in total. The number of primary sulfonamides is 1. The van der Waals surface area contributed by atoms with Crippen LogP contribution in [0.3, 0.4) is 0 Å². The van der Waals surface area contributed by atoms with Crippen molar-refractivity contribution in [2.75, 3.05) is 24.3 Å². The van der Waals surface area contributed by atoms with E-state index >= 15 is 0 Å². The summed E-state index contributed by atoms with van der Waals surface area (Å²) in [5, 5.41) is 7.72. The normalized spacial score (nSPS) is 10.6. The lowest BCUT2D eigenvalue weighted by Gasteiger charge is -2.10. The van der Waals surface area contributed by atoms with E-state index in [1.165, 1.54) is 24.3 Å². The minimum Gasteiger partial charge on any atom is -1.00 e. The number of nitrogens with two attached hydrogens (primary N) is 1. The largest absolute Gasteiger partial charge is 1.00 e. The van der Waals surface area contributed by atoms with Gasteiger partial charge in [-0.3, -0.25) is 4.79 Å². The number of sulfonamides is 1. The van der Waals surface area contributed by atoms with E-state index in [1.54, 1.807) is 4.57 Å². The van der Waals surface area contributed by atoms with Crippen LogP contribution in [0.5, 0.6) is 0 Å². The maximum atomic E-state index is 12.0. The predicted octanol–water partition coefficient (Wildman–Crippen LogP) is -2.67. The van der Waals surface area contributed by atoms with Gasteiger partial charge in [0.05, 0.1) is 4.90 Å². The number of nitrogens with zero attached hydrogens (tertiary/aromatic N) is 2. The third-order valence-corrected chi connectivity index (χ3v) is 4.11. The minimum atomic E-state index is -3.73. The average Bonchev–Trinajstić information content (AvgIpc) is 2.47. The van der Waals surface area contributed by atoms with Crippen LogP contribution in [0.2, 0.25) is 0 Å². The smallest absolute Gasteiger partial charge is 0.290 e. The van der Waals surface area contributed by atoms with Crippen LogP contribution in [-0.2, 0) is 21.4 Å². The van der Waals surface area contributed by atoms with Crippen molar-refractivity contribution in [3.05, 3.63) is 48.8 Å². The van der Waals surface area contributed by atoms with Crippen LogP contribution in [0.4, 0.5) is 11.4 Å². The lowest BCUT2D eigenvalue weighted by atomic mass is 10.3. The van der Waals surface area contributed by atoms with Crippen LogP contribution >= 0.6 is 0 Å². The highest BCUT2D eigenvalue weighted by atomic mass is 35.5. The molecule has 0 saturated heterocycles. The van der Waals surface area contributed by atoms with Gasteiger partial charge in [-0.15, -0.1) is 0 Å². The fourth-order valence-electron chi connectivity index (χ4n) is 1.95. The van der Waals surface area contributed by atoms with Gasteiger partial charge in [-0.1, -0.05) is 0 Å². The van der Waals surface area contributed by atoms with Crippen LogP contribution in [-0.4, -0.2) is 28.4 Å². The van der Waals surface area contributed by atoms with E-state index in [2.05, 4.69) is 5.32 Å². The summed E-state index contributed by atoms with van der Waals surface area (Å²) in [6.07, 6.45) is 3.64. The van der Waals surface area contributed by atoms with E-state index in [-0.39, 0.29) is 29.8 Å². The van der Waals surface area contributed by atoms with Gasteiger partial charge in [-0.25, -0.2) is 13.6 Å². The summed E-state index contributed by atoms with van der Waals surface area (Å²) in [6.45, 7) is 0.157. The molecule has 0 aliphatic heterocycles. The first kappa shape index (κ1) is 19.9. The third kappa shape index (κ3) is 5.48. The van der Waals surface area contributed by atoms with Gasteiger partial charge >= 0.3 is 0 Å². The first-order valence-corrected chi connectivity index (χ1v) is 8.39. The highest BCUT2D eigenvalue weighted by Gasteiger charge is 2.11. The van der Waals surface area contributed by atoms with E-state index in [9.17, 15) is 13.2 Å². The zero-order valence-electron chi connectivity index (χ0n) is 13.3. The Morgan fingerprint density at radius 3 is 2.12 bits per heavy atom. The van der Waals surface area contributed by atoms with Gasteiger partial charge in [0, 0.05) is 37.6 Å². The number of anilines is 2. The van der Waals surface area contributed by atoms with Crippen molar-refractivity contribution in [2.24, 2.45) is 5.14 Å². The summed E-state index contributed by atoms with van der Waals surface area (Å²) in [7, 11) is 0.156. The molecule has 2 aromatic rings. The topological polar surface area (TPSA) is 96.4 Å². The number of hydrogen-bond donors (Lipinski definition) is 2. The Kier molecular flexibility index (Phi) is 6.70. The second-order valence-electron chi connectivity index (χ2n) is 5.24. The van der Waals surface area contributed by atoms with Gasteiger partial charge in [0.2, 0.25) is 16.6 Å². The quantitative estimate of drug-likeness (QED) is 0.561. The Hall–Kier alpha value is -2.16. The number of pyridine rings is 1. The molecule has 0 bridgehead atoms. The minimum absolute atomic E-state index is 0. The van der Waals surface area contributed by atoms with Crippen molar-refractivity contribution in [3.63, 3.8) is 0 Å².